The number of hydrogen-bond donors (Lipinski definition) is 1. The van der Waals surface area contributed by atoms with Crippen LogP contribution in [0.3, 0.4) is 0 Å². The van der Waals surface area contributed by atoms with E-state index in [0.717, 1.165) is 23.2 Å². The monoisotopic (exact) mass is 377 g/mol. The molecule has 2 aromatic heterocycles. The number of aromatic nitrogens is 1. The van der Waals surface area contributed by atoms with Crippen molar-refractivity contribution in [2.45, 2.75) is 13.5 Å². The Labute approximate surface area is 151 Å². The molecule has 9 heteroatoms. The number of thiophene rings is 1. The lowest BCUT2D eigenvalue weighted by atomic mass is 10.3. The van der Waals surface area contributed by atoms with Crippen molar-refractivity contribution in [2.75, 3.05) is 5.32 Å². The van der Waals surface area contributed by atoms with Crippen LogP contribution in [0.1, 0.15) is 11.5 Å². The van der Waals surface area contributed by atoms with Crippen LogP contribution in [0.25, 0.3) is 10.8 Å². The molecule has 26 heavy (non-hydrogen) atoms. The van der Waals surface area contributed by atoms with E-state index in [9.17, 15) is 13.6 Å². The van der Waals surface area contributed by atoms with Crippen LogP contribution >= 0.6 is 11.3 Å². The molecule has 0 unspecified atom stereocenters. The highest BCUT2D eigenvalue weighted by molar-refractivity contribution is 7.13. The molecule has 1 aromatic carbocycles. The minimum atomic E-state index is -0.882. The number of aryl methyl sites for hydroxylation is 1. The van der Waals surface area contributed by atoms with Gasteiger partial charge >= 0.3 is 0 Å². The summed E-state index contributed by atoms with van der Waals surface area (Å²) in [7, 11) is 0. The Bertz CT molecular complexity index is 939. The molecule has 0 fully saturated rings. The van der Waals surface area contributed by atoms with Gasteiger partial charge < -0.3 is 14.6 Å². The number of oxazole rings is 1. The lowest BCUT2D eigenvalue weighted by Crippen LogP contribution is -2.14. The molecule has 0 saturated heterocycles. The van der Waals surface area contributed by atoms with Gasteiger partial charge in [0.05, 0.1) is 10.6 Å². The van der Waals surface area contributed by atoms with E-state index in [4.69, 9.17) is 9.25 Å². The predicted molar refractivity (Wildman–Crippen MR) is 92.8 cm³/mol. The summed E-state index contributed by atoms with van der Waals surface area (Å²) < 4.78 is 31.8. The number of anilines is 1. The van der Waals surface area contributed by atoms with Crippen LogP contribution < -0.4 is 5.32 Å². The van der Waals surface area contributed by atoms with E-state index in [0.29, 0.717) is 23.4 Å². The number of nitrogens with zero attached hydrogens (tertiary/aromatic N) is 2. The number of carbonyl (C=O) groups is 1. The van der Waals surface area contributed by atoms with Crippen molar-refractivity contribution in [2.24, 2.45) is 5.16 Å². The van der Waals surface area contributed by atoms with Crippen molar-refractivity contribution in [3.05, 3.63) is 58.8 Å². The predicted octanol–water partition coefficient (Wildman–Crippen LogP) is 4.13. The first-order valence-electron chi connectivity index (χ1n) is 7.44. The number of halogens is 2. The molecule has 0 radical (unpaired) electrons. The van der Waals surface area contributed by atoms with E-state index < -0.39 is 17.5 Å². The highest BCUT2D eigenvalue weighted by Gasteiger charge is 2.12. The summed E-state index contributed by atoms with van der Waals surface area (Å²) in [5, 5.41) is 7.65. The molecule has 0 saturated carbocycles. The van der Waals surface area contributed by atoms with Crippen LogP contribution in [0, 0.1) is 18.6 Å². The number of amides is 1. The molecular weight excluding hydrogens is 364 g/mol. The van der Waals surface area contributed by atoms with Gasteiger partial charge in [-0.15, -0.1) is 11.3 Å². The fourth-order valence-electron chi connectivity index (χ4n) is 2.01. The molecule has 0 atom stereocenters. The molecule has 134 valence electrons. The largest absolute Gasteiger partial charge is 0.440 e. The fourth-order valence-corrected chi connectivity index (χ4v) is 2.66. The third kappa shape index (κ3) is 4.31. The second kappa shape index (κ2) is 7.87. The number of rotatable bonds is 6. The lowest BCUT2D eigenvalue weighted by molar-refractivity contribution is -0.110. The van der Waals surface area contributed by atoms with Crippen molar-refractivity contribution in [3.8, 4) is 10.8 Å². The Morgan fingerprint density at radius 1 is 1.42 bits per heavy atom. The second-order valence-electron chi connectivity index (χ2n) is 5.12. The molecule has 6 nitrogen and oxygen atoms in total. The van der Waals surface area contributed by atoms with E-state index in [-0.39, 0.29) is 12.3 Å². The zero-order chi connectivity index (χ0) is 18.5. The van der Waals surface area contributed by atoms with Gasteiger partial charge in [-0.05, 0) is 30.5 Å². The van der Waals surface area contributed by atoms with Gasteiger partial charge in [-0.1, -0.05) is 11.2 Å². The second-order valence-corrected chi connectivity index (χ2v) is 6.07. The maximum Gasteiger partial charge on any atom is 0.270 e. The maximum atomic E-state index is 13.4. The van der Waals surface area contributed by atoms with Gasteiger partial charge in [0.2, 0.25) is 5.89 Å². The molecule has 1 N–H and O–H groups in total. The quantitative estimate of drug-likeness (QED) is 0.518. The molecule has 0 bridgehead atoms. The van der Waals surface area contributed by atoms with Gasteiger partial charge in [-0.3, -0.25) is 4.79 Å². The zero-order valence-corrected chi connectivity index (χ0v) is 14.3. The Kier molecular flexibility index (Phi) is 5.37. The van der Waals surface area contributed by atoms with Crippen molar-refractivity contribution in [3.63, 3.8) is 0 Å². The lowest BCUT2D eigenvalue weighted by Gasteiger charge is -2.03. The third-order valence-corrected chi connectivity index (χ3v) is 4.12. The summed E-state index contributed by atoms with van der Waals surface area (Å²) in [5.74, 6) is -1.26. The standard InChI is InChI=1S/C17H13F2N3O3S/c1-10-14(22-17(25-10)15-3-2-6-26-15)9-24-20-8-16(23)21-13-5-4-11(18)7-12(13)19/h2-8H,9H2,1H3,(H,21,23)/b20-8+. The summed E-state index contributed by atoms with van der Waals surface area (Å²) in [6, 6.07) is 6.59. The average Bonchev–Trinajstić information content (AvgIpc) is 3.24. The number of hydrogen-bond acceptors (Lipinski definition) is 6. The molecule has 0 spiro atoms. The topological polar surface area (TPSA) is 76.7 Å². The number of benzene rings is 1. The Morgan fingerprint density at radius 2 is 2.27 bits per heavy atom. The van der Waals surface area contributed by atoms with Gasteiger partial charge in [0.15, 0.2) is 6.61 Å². The number of oxime groups is 1. The van der Waals surface area contributed by atoms with E-state index >= 15 is 0 Å². The van der Waals surface area contributed by atoms with Gasteiger partial charge in [-0.2, -0.15) is 0 Å². The summed E-state index contributed by atoms with van der Waals surface area (Å²) in [5.41, 5.74) is 0.395. The van der Waals surface area contributed by atoms with E-state index in [1.165, 1.54) is 11.3 Å². The first-order valence-corrected chi connectivity index (χ1v) is 8.32. The first kappa shape index (κ1) is 17.7. The minimum absolute atomic E-state index is 0.00932. The summed E-state index contributed by atoms with van der Waals surface area (Å²) in [6.45, 7) is 1.76. The molecule has 1 amide bonds. The molecule has 0 aliphatic carbocycles. The van der Waals surface area contributed by atoms with E-state index in [2.05, 4.69) is 15.5 Å². The van der Waals surface area contributed by atoms with E-state index in [1.807, 2.05) is 17.5 Å². The average molecular weight is 377 g/mol. The SMILES string of the molecule is Cc1oc(-c2cccs2)nc1CO/N=C/C(=O)Nc1ccc(F)cc1F. The highest BCUT2D eigenvalue weighted by Crippen LogP contribution is 2.26. The van der Waals surface area contributed by atoms with Gasteiger partial charge in [-0.25, -0.2) is 13.8 Å². The van der Waals surface area contributed by atoms with Crippen molar-refractivity contribution in [1.82, 2.24) is 4.98 Å². The van der Waals surface area contributed by atoms with E-state index in [1.54, 1.807) is 6.92 Å². The molecule has 0 aliphatic rings. The number of nitrogens with one attached hydrogen (secondary N) is 1. The van der Waals surface area contributed by atoms with Crippen LogP contribution in [-0.4, -0.2) is 17.1 Å². The van der Waals surface area contributed by atoms with Crippen molar-refractivity contribution >= 4 is 29.1 Å². The van der Waals surface area contributed by atoms with Crippen LogP contribution in [0.5, 0.6) is 0 Å². The molecule has 2 heterocycles. The normalized spacial score (nSPS) is 11.0. The highest BCUT2D eigenvalue weighted by atomic mass is 32.1. The number of carbonyl (C=O) groups excluding carboxylic acids is 1. The van der Waals surface area contributed by atoms with Crippen LogP contribution in [-0.2, 0) is 16.2 Å². The maximum absolute atomic E-state index is 13.4. The van der Waals surface area contributed by atoms with Gasteiger partial charge in [0, 0.05) is 6.07 Å². The summed E-state index contributed by atoms with van der Waals surface area (Å²) >= 11 is 1.50. The van der Waals surface area contributed by atoms with Gasteiger partial charge in [0.1, 0.15) is 29.3 Å². The molecular formula is C17H13F2N3O3S. The van der Waals surface area contributed by atoms with Crippen LogP contribution in [0.4, 0.5) is 14.5 Å². The molecule has 0 aliphatic heterocycles. The third-order valence-electron chi connectivity index (χ3n) is 3.26. The minimum Gasteiger partial charge on any atom is -0.440 e. The van der Waals surface area contributed by atoms with Crippen molar-refractivity contribution < 1.29 is 22.8 Å². The van der Waals surface area contributed by atoms with Gasteiger partial charge in [0.25, 0.3) is 5.91 Å². The van der Waals surface area contributed by atoms with Crippen molar-refractivity contribution in [1.29, 1.82) is 0 Å². The Morgan fingerprint density at radius 3 is 3.00 bits per heavy atom. The fraction of sp³-hybridized carbons (Fsp3) is 0.118. The van der Waals surface area contributed by atoms with Crippen LogP contribution in [0.15, 0.2) is 45.3 Å². The summed E-state index contributed by atoms with van der Waals surface area (Å²) in [6.07, 6.45) is 0.846. The Hall–Kier alpha value is -3.07. The molecule has 3 aromatic rings. The Balaban J connectivity index is 1.53. The first-order chi connectivity index (χ1) is 12.5. The summed E-state index contributed by atoms with van der Waals surface area (Å²) in [4.78, 5) is 21.9. The smallest absolute Gasteiger partial charge is 0.270 e. The molecule has 3 rings (SSSR count). The zero-order valence-electron chi connectivity index (χ0n) is 13.5. The van der Waals surface area contributed by atoms with Crippen LogP contribution in [0.2, 0.25) is 0 Å².